The number of benzene rings is 1. The van der Waals surface area contributed by atoms with Crippen LogP contribution in [-0.2, 0) is 0 Å². The molecule has 0 radical (unpaired) electrons. The van der Waals surface area contributed by atoms with Gasteiger partial charge in [0, 0.05) is 12.3 Å². The molecule has 0 fully saturated rings. The van der Waals surface area contributed by atoms with E-state index in [4.69, 9.17) is 9.47 Å². The first-order valence-electron chi connectivity index (χ1n) is 6.90. The van der Waals surface area contributed by atoms with Gasteiger partial charge in [0.1, 0.15) is 17.3 Å². The number of nitrogens with one attached hydrogen (secondary N) is 1. The van der Waals surface area contributed by atoms with Crippen LogP contribution >= 0.6 is 0 Å². The van der Waals surface area contributed by atoms with Gasteiger partial charge in [-0.3, -0.25) is 5.32 Å². The van der Waals surface area contributed by atoms with Crippen molar-refractivity contribution < 1.29 is 14.3 Å². The molecule has 1 heterocycles. The minimum absolute atomic E-state index is 0.393. The topological polar surface area (TPSA) is 60.5 Å². The van der Waals surface area contributed by atoms with E-state index in [9.17, 15) is 4.79 Å². The van der Waals surface area contributed by atoms with Crippen LogP contribution in [0.1, 0.15) is 19.8 Å². The normalized spacial score (nSPS) is 9.95. The van der Waals surface area contributed by atoms with E-state index >= 15 is 0 Å². The third kappa shape index (κ3) is 5.14. The summed E-state index contributed by atoms with van der Waals surface area (Å²) in [4.78, 5) is 15.8. The molecule has 0 saturated heterocycles. The SMILES string of the molecule is CCCCOc1ccnc(NC(=O)Oc2ccccc2)c1. The molecule has 1 amide bonds. The Kier molecular flexibility index (Phi) is 5.58. The Morgan fingerprint density at radius 3 is 2.76 bits per heavy atom. The number of carbonyl (C=O) groups is 1. The fourth-order valence-corrected chi connectivity index (χ4v) is 1.63. The summed E-state index contributed by atoms with van der Waals surface area (Å²) < 4.78 is 10.7. The van der Waals surface area contributed by atoms with E-state index < -0.39 is 6.09 Å². The van der Waals surface area contributed by atoms with Crippen molar-refractivity contribution in [3.8, 4) is 11.5 Å². The predicted molar refractivity (Wildman–Crippen MR) is 80.7 cm³/mol. The van der Waals surface area contributed by atoms with Crippen LogP contribution in [0.15, 0.2) is 48.7 Å². The summed E-state index contributed by atoms with van der Waals surface area (Å²) in [5.74, 6) is 1.55. The lowest BCUT2D eigenvalue weighted by molar-refractivity contribution is 0.215. The first-order valence-corrected chi connectivity index (χ1v) is 6.90. The molecule has 110 valence electrons. The molecule has 2 aromatic rings. The molecule has 0 atom stereocenters. The Morgan fingerprint density at radius 2 is 2.00 bits per heavy atom. The fourth-order valence-electron chi connectivity index (χ4n) is 1.63. The zero-order valence-electron chi connectivity index (χ0n) is 11.9. The maximum atomic E-state index is 11.7. The van der Waals surface area contributed by atoms with Crippen LogP contribution in [0.3, 0.4) is 0 Å². The number of rotatable bonds is 6. The van der Waals surface area contributed by atoms with Crippen molar-refractivity contribution in [3.63, 3.8) is 0 Å². The summed E-state index contributed by atoms with van der Waals surface area (Å²) in [6.07, 6.45) is 3.06. The van der Waals surface area contributed by atoms with Gasteiger partial charge in [0.25, 0.3) is 0 Å². The summed E-state index contributed by atoms with van der Waals surface area (Å²) >= 11 is 0. The molecule has 1 aromatic carbocycles. The third-order valence-corrected chi connectivity index (χ3v) is 2.68. The van der Waals surface area contributed by atoms with Crippen molar-refractivity contribution in [1.29, 1.82) is 0 Å². The van der Waals surface area contributed by atoms with E-state index in [0.717, 1.165) is 12.8 Å². The molecule has 0 aliphatic carbocycles. The summed E-state index contributed by atoms with van der Waals surface area (Å²) in [6, 6.07) is 12.3. The number of nitrogens with zero attached hydrogens (tertiary/aromatic N) is 1. The molecule has 0 unspecified atom stereocenters. The number of unbranched alkanes of at least 4 members (excludes halogenated alkanes) is 1. The number of amides is 1. The molecule has 0 spiro atoms. The number of anilines is 1. The Morgan fingerprint density at radius 1 is 1.19 bits per heavy atom. The molecule has 5 heteroatoms. The zero-order valence-corrected chi connectivity index (χ0v) is 11.9. The lowest BCUT2D eigenvalue weighted by atomic mass is 10.3. The average molecular weight is 286 g/mol. The maximum absolute atomic E-state index is 11.7. The third-order valence-electron chi connectivity index (χ3n) is 2.68. The molecular weight excluding hydrogens is 268 g/mol. The number of para-hydroxylation sites is 1. The van der Waals surface area contributed by atoms with Crippen LogP contribution in [0.4, 0.5) is 10.6 Å². The van der Waals surface area contributed by atoms with E-state index in [1.807, 2.05) is 6.07 Å². The molecule has 0 aliphatic heterocycles. The van der Waals surface area contributed by atoms with Gasteiger partial charge in [-0.15, -0.1) is 0 Å². The van der Waals surface area contributed by atoms with Gasteiger partial charge in [-0.25, -0.2) is 9.78 Å². The summed E-state index contributed by atoms with van der Waals surface area (Å²) in [5.41, 5.74) is 0. The van der Waals surface area contributed by atoms with E-state index in [2.05, 4.69) is 17.2 Å². The zero-order chi connectivity index (χ0) is 14.9. The van der Waals surface area contributed by atoms with Gasteiger partial charge in [-0.1, -0.05) is 31.5 Å². The number of pyridine rings is 1. The van der Waals surface area contributed by atoms with Gasteiger partial charge < -0.3 is 9.47 Å². The van der Waals surface area contributed by atoms with Gasteiger partial charge >= 0.3 is 6.09 Å². The highest BCUT2D eigenvalue weighted by Crippen LogP contribution is 2.16. The van der Waals surface area contributed by atoms with Crippen LogP contribution in [0.2, 0.25) is 0 Å². The molecule has 0 saturated carbocycles. The van der Waals surface area contributed by atoms with Crippen LogP contribution < -0.4 is 14.8 Å². The number of hydrogen-bond donors (Lipinski definition) is 1. The maximum Gasteiger partial charge on any atom is 0.418 e. The lowest BCUT2D eigenvalue weighted by Gasteiger charge is -2.08. The molecule has 0 bridgehead atoms. The van der Waals surface area contributed by atoms with Gasteiger partial charge in [-0.2, -0.15) is 0 Å². The Hall–Kier alpha value is -2.56. The van der Waals surface area contributed by atoms with E-state index in [-0.39, 0.29) is 0 Å². The van der Waals surface area contributed by atoms with E-state index in [1.165, 1.54) is 0 Å². The molecular formula is C16H18N2O3. The second-order valence-electron chi connectivity index (χ2n) is 4.41. The highest BCUT2D eigenvalue weighted by Gasteiger charge is 2.06. The molecule has 1 N–H and O–H groups in total. The highest BCUT2D eigenvalue weighted by molar-refractivity contribution is 5.85. The minimum Gasteiger partial charge on any atom is -0.493 e. The van der Waals surface area contributed by atoms with Gasteiger partial charge in [0.15, 0.2) is 0 Å². The van der Waals surface area contributed by atoms with Crippen molar-refractivity contribution in [2.24, 2.45) is 0 Å². The summed E-state index contributed by atoms with van der Waals surface area (Å²) in [5, 5.41) is 2.57. The first-order chi connectivity index (χ1) is 10.3. The van der Waals surface area contributed by atoms with Crippen molar-refractivity contribution >= 4 is 11.9 Å². The van der Waals surface area contributed by atoms with Crippen molar-refractivity contribution in [3.05, 3.63) is 48.7 Å². The quantitative estimate of drug-likeness (QED) is 0.819. The second-order valence-corrected chi connectivity index (χ2v) is 4.41. The molecule has 1 aromatic heterocycles. The number of ether oxygens (including phenoxy) is 2. The van der Waals surface area contributed by atoms with E-state index in [1.54, 1.807) is 42.6 Å². The van der Waals surface area contributed by atoms with Crippen LogP contribution in [0.25, 0.3) is 0 Å². The molecule has 2 rings (SSSR count). The Bertz CT molecular complexity index is 573. The number of aromatic nitrogens is 1. The van der Waals surface area contributed by atoms with E-state index in [0.29, 0.717) is 23.9 Å². The number of hydrogen-bond acceptors (Lipinski definition) is 4. The minimum atomic E-state index is -0.584. The van der Waals surface area contributed by atoms with Gasteiger partial charge in [0.05, 0.1) is 6.61 Å². The fraction of sp³-hybridized carbons (Fsp3) is 0.250. The molecule has 21 heavy (non-hydrogen) atoms. The largest absolute Gasteiger partial charge is 0.493 e. The Labute approximate surface area is 123 Å². The second kappa shape index (κ2) is 7.89. The molecule has 0 aliphatic rings. The van der Waals surface area contributed by atoms with Crippen molar-refractivity contribution in [2.75, 3.05) is 11.9 Å². The predicted octanol–water partition coefficient (Wildman–Crippen LogP) is 3.87. The molecule has 5 nitrogen and oxygen atoms in total. The highest BCUT2D eigenvalue weighted by atomic mass is 16.6. The summed E-state index contributed by atoms with van der Waals surface area (Å²) in [7, 11) is 0. The van der Waals surface area contributed by atoms with Crippen LogP contribution in [-0.4, -0.2) is 17.7 Å². The Balaban J connectivity index is 1.90. The monoisotopic (exact) mass is 286 g/mol. The van der Waals surface area contributed by atoms with Crippen molar-refractivity contribution in [1.82, 2.24) is 4.98 Å². The van der Waals surface area contributed by atoms with Crippen LogP contribution in [0, 0.1) is 0 Å². The van der Waals surface area contributed by atoms with Gasteiger partial charge in [0.2, 0.25) is 0 Å². The van der Waals surface area contributed by atoms with Crippen molar-refractivity contribution in [2.45, 2.75) is 19.8 Å². The van der Waals surface area contributed by atoms with Crippen LogP contribution in [0.5, 0.6) is 11.5 Å². The first kappa shape index (κ1) is 14.8. The summed E-state index contributed by atoms with van der Waals surface area (Å²) in [6.45, 7) is 2.75. The number of carbonyl (C=O) groups excluding carboxylic acids is 1. The smallest absolute Gasteiger partial charge is 0.418 e. The lowest BCUT2D eigenvalue weighted by Crippen LogP contribution is -2.17. The average Bonchev–Trinajstić information content (AvgIpc) is 2.49. The van der Waals surface area contributed by atoms with Gasteiger partial charge in [-0.05, 0) is 24.6 Å². The standard InChI is InChI=1S/C16H18N2O3/c1-2-3-11-20-14-9-10-17-15(12-14)18-16(19)21-13-7-5-4-6-8-13/h4-10,12H,2-3,11H2,1H3,(H,17,18,19).